The molecule has 0 radical (unpaired) electrons. The number of hydrogen-bond acceptors (Lipinski definition) is 8. The summed E-state index contributed by atoms with van der Waals surface area (Å²) >= 11 is 1.59. The molecule has 130 valence electrons. The van der Waals surface area contributed by atoms with Gasteiger partial charge < -0.3 is 5.32 Å². The average molecular weight is 364 g/mol. The van der Waals surface area contributed by atoms with Crippen LogP contribution in [0.1, 0.15) is 18.7 Å². The van der Waals surface area contributed by atoms with E-state index in [9.17, 15) is 0 Å². The quantitative estimate of drug-likeness (QED) is 0.562. The number of nitrogens with zero attached hydrogens (tertiary/aromatic N) is 7. The Labute approximate surface area is 153 Å². The molecular formula is C17H16N8S. The molecule has 4 aromatic rings. The van der Waals surface area contributed by atoms with Gasteiger partial charge in [0.15, 0.2) is 11.6 Å². The van der Waals surface area contributed by atoms with Crippen molar-refractivity contribution >= 4 is 27.4 Å². The standard InChI is InChI=1S/C17H16N8S/c1-2-7-18-13(3-1)16-20-15(12-6-8-26-17(12)21-16)19-9-14-22-23-24-25(14)10-11-4-5-11/h1-3,6-8,11H,4-5,9-10H2,(H,19,20,21). The van der Waals surface area contributed by atoms with E-state index in [1.807, 2.05) is 34.3 Å². The van der Waals surface area contributed by atoms with Gasteiger partial charge in [-0.1, -0.05) is 6.07 Å². The Bertz CT molecular complexity index is 1040. The molecule has 0 aromatic carbocycles. The van der Waals surface area contributed by atoms with E-state index >= 15 is 0 Å². The van der Waals surface area contributed by atoms with E-state index in [4.69, 9.17) is 0 Å². The van der Waals surface area contributed by atoms with Crippen LogP contribution in [-0.4, -0.2) is 35.2 Å². The second kappa shape index (κ2) is 6.41. The molecule has 26 heavy (non-hydrogen) atoms. The summed E-state index contributed by atoms with van der Waals surface area (Å²) in [5.41, 5.74) is 0.754. The molecule has 1 aliphatic carbocycles. The first-order valence-electron chi connectivity index (χ1n) is 8.52. The molecule has 1 fully saturated rings. The van der Waals surface area contributed by atoms with E-state index < -0.39 is 0 Å². The second-order valence-electron chi connectivity index (χ2n) is 6.32. The van der Waals surface area contributed by atoms with E-state index in [2.05, 4.69) is 35.8 Å². The number of pyridine rings is 1. The van der Waals surface area contributed by atoms with Crippen molar-refractivity contribution in [2.75, 3.05) is 5.32 Å². The van der Waals surface area contributed by atoms with E-state index in [-0.39, 0.29) is 0 Å². The van der Waals surface area contributed by atoms with Crippen LogP contribution in [-0.2, 0) is 13.1 Å². The Morgan fingerprint density at radius 2 is 2.15 bits per heavy atom. The van der Waals surface area contributed by atoms with E-state index in [1.54, 1.807) is 17.5 Å². The highest BCUT2D eigenvalue weighted by atomic mass is 32.1. The van der Waals surface area contributed by atoms with Gasteiger partial charge in [0, 0.05) is 12.7 Å². The van der Waals surface area contributed by atoms with Crippen LogP contribution < -0.4 is 5.32 Å². The fraction of sp³-hybridized carbons (Fsp3) is 0.294. The number of fused-ring (bicyclic) bond motifs is 1. The smallest absolute Gasteiger partial charge is 0.181 e. The number of aromatic nitrogens is 7. The summed E-state index contributed by atoms with van der Waals surface area (Å²) in [5, 5.41) is 18.5. The number of nitrogens with one attached hydrogen (secondary N) is 1. The minimum atomic E-state index is 0.517. The van der Waals surface area contributed by atoms with Gasteiger partial charge in [-0.25, -0.2) is 14.6 Å². The van der Waals surface area contributed by atoms with Gasteiger partial charge in [-0.05, 0) is 52.8 Å². The zero-order chi connectivity index (χ0) is 17.3. The topological polar surface area (TPSA) is 94.3 Å². The molecule has 0 aliphatic heterocycles. The molecule has 0 saturated heterocycles. The monoisotopic (exact) mass is 364 g/mol. The SMILES string of the molecule is c1ccc(-c2nc(NCc3nnnn3CC3CC3)c3ccsc3n2)nc1. The Morgan fingerprint density at radius 1 is 1.19 bits per heavy atom. The van der Waals surface area contributed by atoms with E-state index in [1.165, 1.54) is 12.8 Å². The summed E-state index contributed by atoms with van der Waals surface area (Å²) in [6.07, 6.45) is 4.28. The zero-order valence-electron chi connectivity index (χ0n) is 13.9. The lowest BCUT2D eigenvalue weighted by Crippen LogP contribution is -2.12. The number of hydrogen-bond donors (Lipinski definition) is 1. The summed E-state index contributed by atoms with van der Waals surface area (Å²) in [5.74, 6) is 2.92. The zero-order valence-corrected chi connectivity index (χ0v) is 14.7. The molecule has 0 unspecified atom stereocenters. The van der Waals surface area contributed by atoms with Crippen LogP contribution in [0.15, 0.2) is 35.8 Å². The number of rotatable bonds is 6. The van der Waals surface area contributed by atoms with Gasteiger partial charge in [-0.2, -0.15) is 0 Å². The van der Waals surface area contributed by atoms with Gasteiger partial charge in [0.05, 0.1) is 11.9 Å². The predicted molar refractivity (Wildman–Crippen MR) is 98.5 cm³/mol. The lowest BCUT2D eigenvalue weighted by Gasteiger charge is -2.09. The highest BCUT2D eigenvalue weighted by Crippen LogP contribution is 2.31. The summed E-state index contributed by atoms with van der Waals surface area (Å²) in [6, 6.07) is 7.75. The molecule has 1 aliphatic rings. The molecule has 5 rings (SSSR count). The third kappa shape index (κ3) is 3.01. The van der Waals surface area contributed by atoms with Crippen LogP contribution in [0.25, 0.3) is 21.7 Å². The van der Waals surface area contributed by atoms with Crippen LogP contribution in [0, 0.1) is 5.92 Å². The average Bonchev–Trinajstić information content (AvgIpc) is 3.17. The van der Waals surface area contributed by atoms with Crippen molar-refractivity contribution in [2.45, 2.75) is 25.9 Å². The van der Waals surface area contributed by atoms with Crippen molar-refractivity contribution in [2.24, 2.45) is 5.92 Å². The third-order valence-corrected chi connectivity index (χ3v) is 5.17. The highest BCUT2D eigenvalue weighted by Gasteiger charge is 2.23. The summed E-state index contributed by atoms with van der Waals surface area (Å²) in [4.78, 5) is 14.6. The minimum Gasteiger partial charge on any atom is -0.362 e. The lowest BCUT2D eigenvalue weighted by atomic mass is 10.3. The van der Waals surface area contributed by atoms with Crippen molar-refractivity contribution in [3.05, 3.63) is 41.7 Å². The molecule has 1 saturated carbocycles. The van der Waals surface area contributed by atoms with Crippen LogP contribution in [0.3, 0.4) is 0 Å². The van der Waals surface area contributed by atoms with E-state index in [0.29, 0.717) is 12.4 Å². The summed E-state index contributed by atoms with van der Waals surface area (Å²) < 4.78 is 1.89. The van der Waals surface area contributed by atoms with Gasteiger partial charge in [0.1, 0.15) is 16.3 Å². The molecule has 0 amide bonds. The molecular weight excluding hydrogens is 348 g/mol. The van der Waals surface area contributed by atoms with Crippen LogP contribution >= 0.6 is 11.3 Å². The molecule has 0 atom stereocenters. The molecule has 9 heteroatoms. The summed E-state index contributed by atoms with van der Waals surface area (Å²) in [6.45, 7) is 1.41. The first-order chi connectivity index (χ1) is 12.9. The van der Waals surface area contributed by atoms with Gasteiger partial charge in [-0.3, -0.25) is 4.98 Å². The maximum absolute atomic E-state index is 4.69. The number of tetrazole rings is 1. The first-order valence-corrected chi connectivity index (χ1v) is 9.40. The van der Waals surface area contributed by atoms with Crippen molar-refractivity contribution in [1.29, 1.82) is 0 Å². The van der Waals surface area contributed by atoms with Crippen molar-refractivity contribution < 1.29 is 0 Å². The van der Waals surface area contributed by atoms with Crippen LogP contribution in [0.5, 0.6) is 0 Å². The van der Waals surface area contributed by atoms with Crippen LogP contribution in [0.4, 0.5) is 5.82 Å². The molecule has 1 N–H and O–H groups in total. The van der Waals surface area contributed by atoms with Crippen molar-refractivity contribution in [1.82, 2.24) is 35.2 Å². The molecule has 4 heterocycles. The largest absolute Gasteiger partial charge is 0.362 e. The Morgan fingerprint density at radius 3 is 3.00 bits per heavy atom. The van der Waals surface area contributed by atoms with Gasteiger partial charge in [0.2, 0.25) is 0 Å². The fourth-order valence-electron chi connectivity index (χ4n) is 2.80. The molecule has 4 aromatic heterocycles. The molecule has 0 bridgehead atoms. The van der Waals surface area contributed by atoms with Gasteiger partial charge >= 0.3 is 0 Å². The Hall–Kier alpha value is -2.94. The Balaban J connectivity index is 1.44. The normalized spacial score (nSPS) is 14.0. The third-order valence-electron chi connectivity index (χ3n) is 4.37. The first kappa shape index (κ1) is 15.3. The number of thiophene rings is 1. The minimum absolute atomic E-state index is 0.517. The highest BCUT2D eigenvalue weighted by molar-refractivity contribution is 7.16. The predicted octanol–water partition coefficient (Wildman–Crippen LogP) is 2.76. The van der Waals surface area contributed by atoms with Crippen molar-refractivity contribution in [3.8, 4) is 11.5 Å². The van der Waals surface area contributed by atoms with Crippen molar-refractivity contribution in [3.63, 3.8) is 0 Å². The maximum atomic E-state index is 4.69. The van der Waals surface area contributed by atoms with Gasteiger partial charge in [-0.15, -0.1) is 16.4 Å². The second-order valence-corrected chi connectivity index (χ2v) is 7.22. The maximum Gasteiger partial charge on any atom is 0.181 e. The molecule has 0 spiro atoms. The van der Waals surface area contributed by atoms with E-state index in [0.717, 1.165) is 40.0 Å². The Kier molecular flexibility index (Phi) is 3.78. The lowest BCUT2D eigenvalue weighted by molar-refractivity contribution is 0.526. The molecule has 8 nitrogen and oxygen atoms in total. The fourth-order valence-corrected chi connectivity index (χ4v) is 3.56. The summed E-state index contributed by atoms with van der Waals surface area (Å²) in [7, 11) is 0. The van der Waals surface area contributed by atoms with Crippen LogP contribution in [0.2, 0.25) is 0 Å². The van der Waals surface area contributed by atoms with Gasteiger partial charge in [0.25, 0.3) is 0 Å². The number of anilines is 1.